The van der Waals surface area contributed by atoms with E-state index in [1.54, 1.807) is 0 Å². The zero-order chi connectivity index (χ0) is 13.6. The van der Waals surface area contributed by atoms with Crippen LogP contribution in [0, 0.1) is 6.92 Å². The third kappa shape index (κ3) is 5.65. The highest BCUT2D eigenvalue weighted by Gasteiger charge is 2.12. The molecule has 0 heterocycles. The van der Waals surface area contributed by atoms with Crippen LogP contribution in [0.1, 0.15) is 29.9 Å². The minimum absolute atomic E-state index is 0.277. The third-order valence-corrected chi connectivity index (χ3v) is 4.06. The summed E-state index contributed by atoms with van der Waals surface area (Å²) >= 11 is 0. The number of hydrogen-bond donors (Lipinski definition) is 1. The largest absolute Gasteiger partial charge is 0.319 e. The molecule has 0 aliphatic carbocycles. The van der Waals surface area contributed by atoms with Crippen LogP contribution < -0.4 is 5.32 Å². The van der Waals surface area contributed by atoms with E-state index in [-0.39, 0.29) is 5.75 Å². The van der Waals surface area contributed by atoms with Crippen molar-refractivity contribution in [2.45, 2.75) is 25.7 Å². The number of sulfone groups is 1. The van der Waals surface area contributed by atoms with E-state index in [0.29, 0.717) is 5.92 Å². The van der Waals surface area contributed by atoms with Gasteiger partial charge in [0.1, 0.15) is 9.84 Å². The van der Waals surface area contributed by atoms with Gasteiger partial charge in [0.15, 0.2) is 0 Å². The fourth-order valence-corrected chi connectivity index (χ4v) is 2.84. The van der Waals surface area contributed by atoms with Crippen LogP contribution in [-0.2, 0) is 9.84 Å². The van der Waals surface area contributed by atoms with Crippen LogP contribution >= 0.6 is 0 Å². The number of likely N-dealkylation sites (N-methyl/N-ethyl adjacent to an activating group) is 1. The predicted octanol–water partition coefficient (Wildman–Crippen LogP) is 2.12. The van der Waals surface area contributed by atoms with Crippen LogP contribution in [0.25, 0.3) is 0 Å². The van der Waals surface area contributed by atoms with Crippen molar-refractivity contribution in [3.05, 3.63) is 35.4 Å². The van der Waals surface area contributed by atoms with Crippen molar-refractivity contribution < 1.29 is 8.42 Å². The highest BCUT2D eigenvalue weighted by molar-refractivity contribution is 7.90. The van der Waals surface area contributed by atoms with Crippen molar-refractivity contribution in [2.75, 3.05) is 25.6 Å². The van der Waals surface area contributed by atoms with Crippen LogP contribution in [-0.4, -0.2) is 34.0 Å². The Labute approximate surface area is 111 Å². The number of rotatable bonds is 7. The number of nitrogens with one attached hydrogen (secondary N) is 1. The molecule has 0 radical (unpaired) electrons. The summed E-state index contributed by atoms with van der Waals surface area (Å²) in [4.78, 5) is 0. The summed E-state index contributed by atoms with van der Waals surface area (Å²) in [6, 6.07) is 8.44. The lowest BCUT2D eigenvalue weighted by Crippen LogP contribution is -2.18. The number of hydrogen-bond acceptors (Lipinski definition) is 3. The van der Waals surface area contributed by atoms with E-state index < -0.39 is 9.84 Å². The van der Waals surface area contributed by atoms with E-state index in [0.717, 1.165) is 19.4 Å². The minimum atomic E-state index is -2.85. The van der Waals surface area contributed by atoms with Crippen LogP contribution in [0.4, 0.5) is 0 Å². The zero-order valence-corrected chi connectivity index (χ0v) is 12.3. The SMILES string of the molecule is CNCC(CCCS(C)(=O)=O)c1cccc(C)c1. The second kappa shape index (κ2) is 6.90. The maximum Gasteiger partial charge on any atom is 0.147 e. The standard InChI is InChI=1S/C14H23NO2S/c1-12-6-4-7-13(10-12)14(11-15-2)8-5-9-18(3,16)17/h4,6-7,10,14-15H,5,8-9,11H2,1-3H3. The topological polar surface area (TPSA) is 46.2 Å². The molecule has 0 saturated heterocycles. The molecule has 0 aromatic heterocycles. The molecule has 0 spiro atoms. The Hall–Kier alpha value is -0.870. The monoisotopic (exact) mass is 269 g/mol. The van der Waals surface area contributed by atoms with E-state index in [1.165, 1.54) is 17.4 Å². The van der Waals surface area contributed by atoms with E-state index in [9.17, 15) is 8.42 Å². The Kier molecular flexibility index (Phi) is 5.82. The molecule has 3 nitrogen and oxygen atoms in total. The fourth-order valence-electron chi connectivity index (χ4n) is 2.15. The first-order chi connectivity index (χ1) is 8.42. The van der Waals surface area contributed by atoms with Crippen molar-refractivity contribution in [3.8, 4) is 0 Å². The molecular formula is C14H23NO2S. The molecule has 102 valence electrons. The molecule has 1 unspecified atom stereocenters. The molecule has 18 heavy (non-hydrogen) atoms. The van der Waals surface area contributed by atoms with E-state index in [2.05, 4.69) is 36.5 Å². The molecule has 1 rings (SSSR count). The minimum Gasteiger partial charge on any atom is -0.319 e. The van der Waals surface area contributed by atoms with Gasteiger partial charge in [-0.25, -0.2) is 8.42 Å². The lowest BCUT2D eigenvalue weighted by molar-refractivity contribution is 0.564. The highest BCUT2D eigenvalue weighted by atomic mass is 32.2. The maximum absolute atomic E-state index is 11.1. The Morgan fingerprint density at radius 1 is 1.33 bits per heavy atom. The Balaban J connectivity index is 2.65. The average molecular weight is 269 g/mol. The number of aryl methyl sites for hydroxylation is 1. The second-order valence-electron chi connectivity index (χ2n) is 4.94. The van der Waals surface area contributed by atoms with Crippen LogP contribution in [0.15, 0.2) is 24.3 Å². The lowest BCUT2D eigenvalue weighted by atomic mass is 9.93. The van der Waals surface area contributed by atoms with E-state index in [1.807, 2.05) is 7.05 Å². The van der Waals surface area contributed by atoms with Gasteiger partial charge < -0.3 is 5.32 Å². The molecule has 0 saturated carbocycles. The van der Waals surface area contributed by atoms with Gasteiger partial charge in [0.25, 0.3) is 0 Å². The average Bonchev–Trinajstić information content (AvgIpc) is 2.26. The summed E-state index contributed by atoms with van der Waals surface area (Å²) in [7, 11) is -0.916. The van der Waals surface area contributed by atoms with Gasteiger partial charge in [0.2, 0.25) is 0 Å². The van der Waals surface area contributed by atoms with Crippen molar-refractivity contribution in [2.24, 2.45) is 0 Å². The molecule has 1 aromatic carbocycles. The van der Waals surface area contributed by atoms with Gasteiger partial charge in [-0.2, -0.15) is 0 Å². The zero-order valence-electron chi connectivity index (χ0n) is 11.4. The first kappa shape index (κ1) is 15.2. The van der Waals surface area contributed by atoms with Gasteiger partial charge in [-0.1, -0.05) is 29.8 Å². The summed E-state index contributed by atoms with van der Waals surface area (Å²) in [5.74, 6) is 0.663. The van der Waals surface area contributed by atoms with E-state index >= 15 is 0 Å². The third-order valence-electron chi connectivity index (χ3n) is 3.03. The van der Waals surface area contributed by atoms with Gasteiger partial charge in [0.05, 0.1) is 0 Å². The highest BCUT2D eigenvalue weighted by Crippen LogP contribution is 2.21. The van der Waals surface area contributed by atoms with Crippen molar-refractivity contribution >= 4 is 9.84 Å². The molecule has 0 bridgehead atoms. The van der Waals surface area contributed by atoms with Crippen molar-refractivity contribution in [1.29, 1.82) is 0 Å². The fraction of sp³-hybridized carbons (Fsp3) is 0.571. The van der Waals surface area contributed by atoms with E-state index in [4.69, 9.17) is 0 Å². The molecular weight excluding hydrogens is 246 g/mol. The number of benzene rings is 1. The van der Waals surface area contributed by atoms with Gasteiger partial charge in [-0.05, 0) is 38.3 Å². The molecule has 0 aliphatic rings. The maximum atomic E-state index is 11.1. The Morgan fingerprint density at radius 3 is 2.61 bits per heavy atom. The summed E-state index contributed by atoms with van der Waals surface area (Å²) in [6.45, 7) is 2.96. The quantitative estimate of drug-likeness (QED) is 0.825. The first-order valence-electron chi connectivity index (χ1n) is 6.31. The van der Waals surface area contributed by atoms with Gasteiger partial charge in [-0.3, -0.25) is 0 Å². The van der Waals surface area contributed by atoms with Gasteiger partial charge >= 0.3 is 0 Å². The Bertz CT molecular complexity index is 468. The Morgan fingerprint density at radius 2 is 2.06 bits per heavy atom. The van der Waals surface area contributed by atoms with Crippen molar-refractivity contribution in [3.63, 3.8) is 0 Å². The molecule has 1 N–H and O–H groups in total. The van der Waals surface area contributed by atoms with Crippen LogP contribution in [0.5, 0.6) is 0 Å². The smallest absolute Gasteiger partial charge is 0.147 e. The predicted molar refractivity (Wildman–Crippen MR) is 76.8 cm³/mol. The molecule has 4 heteroatoms. The second-order valence-corrected chi connectivity index (χ2v) is 7.20. The van der Waals surface area contributed by atoms with Gasteiger partial charge in [0, 0.05) is 18.6 Å². The molecule has 0 fully saturated rings. The summed E-state index contributed by atoms with van der Waals surface area (Å²) in [6.07, 6.45) is 2.92. The molecule has 0 amide bonds. The normalized spacial score (nSPS) is 13.5. The molecule has 0 aliphatic heterocycles. The lowest BCUT2D eigenvalue weighted by Gasteiger charge is -2.17. The van der Waals surface area contributed by atoms with Crippen LogP contribution in [0.2, 0.25) is 0 Å². The van der Waals surface area contributed by atoms with Crippen molar-refractivity contribution in [1.82, 2.24) is 5.32 Å². The summed E-state index contributed by atoms with van der Waals surface area (Å²) in [5, 5.41) is 3.18. The van der Waals surface area contributed by atoms with Gasteiger partial charge in [-0.15, -0.1) is 0 Å². The molecule has 1 atom stereocenters. The van der Waals surface area contributed by atoms with Crippen LogP contribution in [0.3, 0.4) is 0 Å². The summed E-state index contributed by atoms with van der Waals surface area (Å²) in [5.41, 5.74) is 2.54. The first-order valence-corrected chi connectivity index (χ1v) is 8.37. The molecule has 1 aromatic rings. The summed E-state index contributed by atoms with van der Waals surface area (Å²) < 4.78 is 22.3.